The van der Waals surface area contributed by atoms with E-state index >= 15 is 0 Å². The molecule has 17 heavy (non-hydrogen) atoms. The maximum Gasteiger partial charge on any atom is 0.0886 e. The van der Waals surface area contributed by atoms with Gasteiger partial charge in [-0.2, -0.15) is 5.10 Å². The van der Waals surface area contributed by atoms with Gasteiger partial charge in [-0.25, -0.2) is 0 Å². The molecule has 0 radical (unpaired) electrons. The molecular weight excluding hydrogens is 214 g/mol. The van der Waals surface area contributed by atoms with Crippen LogP contribution in [0.3, 0.4) is 0 Å². The molecule has 1 unspecified atom stereocenters. The maximum absolute atomic E-state index is 10.4. The fourth-order valence-electron chi connectivity index (χ4n) is 1.81. The summed E-state index contributed by atoms with van der Waals surface area (Å²) in [6.45, 7) is 1.82. The molecule has 0 aliphatic rings. The summed E-state index contributed by atoms with van der Waals surface area (Å²) >= 11 is 0. The molecule has 0 bridgehead atoms. The molecule has 0 saturated carbocycles. The predicted octanol–water partition coefficient (Wildman–Crippen LogP) is 1.66. The first kappa shape index (κ1) is 11.8. The first-order valence-corrected chi connectivity index (χ1v) is 5.68. The maximum atomic E-state index is 10.4. The lowest BCUT2D eigenvalue weighted by molar-refractivity contribution is 0.0477. The molecule has 90 valence electrons. The van der Waals surface area contributed by atoms with Gasteiger partial charge >= 0.3 is 0 Å². The zero-order valence-corrected chi connectivity index (χ0v) is 10.2. The van der Waals surface area contributed by atoms with Crippen LogP contribution in [0.15, 0.2) is 36.9 Å². The van der Waals surface area contributed by atoms with E-state index in [1.807, 2.05) is 38.5 Å². The van der Waals surface area contributed by atoms with Crippen LogP contribution in [0.2, 0.25) is 0 Å². The van der Waals surface area contributed by atoms with E-state index in [0.717, 1.165) is 17.5 Å². The minimum absolute atomic E-state index is 0.657. The monoisotopic (exact) mass is 231 g/mol. The van der Waals surface area contributed by atoms with Crippen molar-refractivity contribution >= 4 is 0 Å². The molecule has 4 heteroatoms. The van der Waals surface area contributed by atoms with Crippen molar-refractivity contribution < 1.29 is 5.11 Å². The fourth-order valence-corrected chi connectivity index (χ4v) is 1.81. The summed E-state index contributed by atoms with van der Waals surface area (Å²) < 4.78 is 1.77. The van der Waals surface area contributed by atoms with Crippen LogP contribution < -0.4 is 0 Å². The summed E-state index contributed by atoms with van der Waals surface area (Å²) in [4.78, 5) is 4.03. The normalized spacial score (nSPS) is 14.5. The molecule has 0 aromatic carbocycles. The van der Waals surface area contributed by atoms with Crippen molar-refractivity contribution in [1.82, 2.24) is 14.8 Å². The average molecular weight is 231 g/mol. The van der Waals surface area contributed by atoms with Crippen molar-refractivity contribution in [3.8, 4) is 0 Å². The van der Waals surface area contributed by atoms with Crippen molar-refractivity contribution in [1.29, 1.82) is 0 Å². The molecule has 2 aromatic heterocycles. The van der Waals surface area contributed by atoms with Crippen molar-refractivity contribution in [2.45, 2.75) is 25.4 Å². The lowest BCUT2D eigenvalue weighted by Gasteiger charge is -2.23. The molecule has 1 N–H and O–H groups in total. The molecule has 2 aromatic rings. The number of hydrogen-bond donors (Lipinski definition) is 1. The SMILES string of the molecule is Cn1cc(CCC(C)(O)c2cccnc2)cn1. The molecule has 4 nitrogen and oxygen atoms in total. The quantitative estimate of drug-likeness (QED) is 0.870. The highest BCUT2D eigenvalue weighted by Gasteiger charge is 2.22. The predicted molar refractivity (Wildman–Crippen MR) is 65.3 cm³/mol. The van der Waals surface area contributed by atoms with Gasteiger partial charge in [-0.1, -0.05) is 6.07 Å². The van der Waals surface area contributed by atoms with Crippen LogP contribution in [0.5, 0.6) is 0 Å². The van der Waals surface area contributed by atoms with Crippen LogP contribution in [0.4, 0.5) is 0 Å². The smallest absolute Gasteiger partial charge is 0.0886 e. The van der Waals surface area contributed by atoms with Gasteiger partial charge in [-0.05, 0) is 31.4 Å². The van der Waals surface area contributed by atoms with Crippen molar-refractivity contribution in [2.75, 3.05) is 0 Å². The molecule has 1 atom stereocenters. The number of hydrogen-bond acceptors (Lipinski definition) is 3. The first-order valence-electron chi connectivity index (χ1n) is 5.68. The first-order chi connectivity index (χ1) is 8.08. The Morgan fingerprint density at radius 3 is 2.82 bits per heavy atom. The van der Waals surface area contributed by atoms with Crippen molar-refractivity contribution in [3.05, 3.63) is 48.0 Å². The molecule has 0 aliphatic carbocycles. The third-order valence-corrected chi connectivity index (χ3v) is 2.94. The summed E-state index contributed by atoms with van der Waals surface area (Å²) in [5.74, 6) is 0. The second kappa shape index (κ2) is 4.67. The highest BCUT2D eigenvalue weighted by atomic mass is 16.3. The Kier molecular flexibility index (Phi) is 3.24. The molecular formula is C13H17N3O. The number of aliphatic hydroxyl groups is 1. The summed E-state index contributed by atoms with van der Waals surface area (Å²) in [6, 6.07) is 3.74. The molecule has 2 heterocycles. The Morgan fingerprint density at radius 1 is 1.41 bits per heavy atom. The number of rotatable bonds is 4. The number of aromatic nitrogens is 3. The van der Waals surface area contributed by atoms with E-state index < -0.39 is 5.60 Å². The summed E-state index contributed by atoms with van der Waals surface area (Å²) in [6.07, 6.45) is 8.68. The van der Waals surface area contributed by atoms with Crippen LogP contribution in [0.25, 0.3) is 0 Å². The number of nitrogens with zero attached hydrogens (tertiary/aromatic N) is 3. The van der Waals surface area contributed by atoms with Crippen LogP contribution in [0, 0.1) is 0 Å². The van der Waals surface area contributed by atoms with E-state index in [1.165, 1.54) is 0 Å². The van der Waals surface area contributed by atoms with E-state index in [2.05, 4.69) is 10.1 Å². The van der Waals surface area contributed by atoms with E-state index in [4.69, 9.17) is 0 Å². The molecule has 0 spiro atoms. The van der Waals surface area contributed by atoms with Gasteiger partial charge < -0.3 is 5.11 Å². The minimum atomic E-state index is -0.843. The van der Waals surface area contributed by atoms with E-state index in [0.29, 0.717) is 6.42 Å². The lowest BCUT2D eigenvalue weighted by Crippen LogP contribution is -2.22. The fraction of sp³-hybridized carbons (Fsp3) is 0.385. The van der Waals surface area contributed by atoms with Gasteiger partial charge in [-0.15, -0.1) is 0 Å². The Bertz CT molecular complexity index is 476. The van der Waals surface area contributed by atoms with E-state index in [-0.39, 0.29) is 0 Å². The summed E-state index contributed by atoms with van der Waals surface area (Å²) in [5, 5.41) is 14.5. The molecule has 0 fully saturated rings. The highest BCUT2D eigenvalue weighted by molar-refractivity contribution is 5.17. The Morgan fingerprint density at radius 2 is 2.24 bits per heavy atom. The third-order valence-electron chi connectivity index (χ3n) is 2.94. The van der Waals surface area contributed by atoms with Gasteiger partial charge in [-0.3, -0.25) is 9.67 Å². The molecule has 0 aliphatic heterocycles. The Balaban J connectivity index is 2.03. The van der Waals surface area contributed by atoms with Crippen LogP contribution >= 0.6 is 0 Å². The number of aryl methyl sites for hydroxylation is 2. The van der Waals surface area contributed by atoms with E-state index in [9.17, 15) is 5.11 Å². The van der Waals surface area contributed by atoms with Crippen molar-refractivity contribution in [2.24, 2.45) is 7.05 Å². The van der Waals surface area contributed by atoms with Crippen LogP contribution in [-0.4, -0.2) is 19.9 Å². The Hall–Kier alpha value is -1.68. The number of pyridine rings is 1. The van der Waals surface area contributed by atoms with Gasteiger partial charge in [0, 0.05) is 31.2 Å². The zero-order chi connectivity index (χ0) is 12.3. The van der Waals surface area contributed by atoms with Gasteiger partial charge in [0.05, 0.1) is 11.8 Å². The summed E-state index contributed by atoms with van der Waals surface area (Å²) in [7, 11) is 1.89. The molecule has 0 amide bonds. The average Bonchev–Trinajstić information content (AvgIpc) is 2.74. The third kappa shape index (κ3) is 2.91. The zero-order valence-electron chi connectivity index (χ0n) is 10.2. The van der Waals surface area contributed by atoms with Crippen LogP contribution in [-0.2, 0) is 19.1 Å². The molecule has 2 rings (SSSR count). The standard InChI is InChI=1S/C13H17N3O/c1-13(17,12-4-3-7-14-9-12)6-5-11-8-15-16(2)10-11/h3-4,7-10,17H,5-6H2,1-2H3. The van der Waals surface area contributed by atoms with Gasteiger partial charge in [0.25, 0.3) is 0 Å². The lowest BCUT2D eigenvalue weighted by atomic mass is 9.91. The largest absolute Gasteiger partial charge is 0.385 e. The topological polar surface area (TPSA) is 50.9 Å². The second-order valence-corrected chi connectivity index (χ2v) is 4.54. The van der Waals surface area contributed by atoms with Gasteiger partial charge in [0.1, 0.15) is 0 Å². The summed E-state index contributed by atoms with van der Waals surface area (Å²) in [5.41, 5.74) is 1.14. The van der Waals surface area contributed by atoms with E-state index in [1.54, 1.807) is 17.1 Å². The minimum Gasteiger partial charge on any atom is -0.385 e. The Labute approximate surface area is 101 Å². The highest BCUT2D eigenvalue weighted by Crippen LogP contribution is 2.25. The second-order valence-electron chi connectivity index (χ2n) is 4.54. The van der Waals surface area contributed by atoms with Gasteiger partial charge in [0.15, 0.2) is 0 Å². The van der Waals surface area contributed by atoms with Gasteiger partial charge in [0.2, 0.25) is 0 Å². The van der Waals surface area contributed by atoms with Crippen LogP contribution in [0.1, 0.15) is 24.5 Å². The molecule has 0 saturated heterocycles. The van der Waals surface area contributed by atoms with Crippen molar-refractivity contribution in [3.63, 3.8) is 0 Å².